The van der Waals surface area contributed by atoms with Crippen LogP contribution in [0.3, 0.4) is 0 Å². The van der Waals surface area contributed by atoms with E-state index in [1.54, 1.807) is 0 Å². The second-order valence-corrected chi connectivity index (χ2v) is 5.58. The molecular weight excluding hydrogens is 348 g/mol. The Bertz CT molecular complexity index is 840. The number of amides is 2. The van der Waals surface area contributed by atoms with E-state index in [-0.39, 0.29) is 24.1 Å². The summed E-state index contributed by atoms with van der Waals surface area (Å²) in [5.41, 5.74) is 5.97. The monoisotopic (exact) mass is 363 g/mol. The van der Waals surface area contributed by atoms with Crippen molar-refractivity contribution in [3.05, 3.63) is 75.3 Å². The van der Waals surface area contributed by atoms with E-state index in [9.17, 15) is 28.5 Å². The maximum absolute atomic E-state index is 13.2. The molecule has 0 saturated heterocycles. The molecule has 0 aromatic heterocycles. The zero-order valence-corrected chi connectivity index (χ0v) is 13.4. The van der Waals surface area contributed by atoms with Gasteiger partial charge in [0.05, 0.1) is 11.3 Å². The molecule has 0 bridgehead atoms. The van der Waals surface area contributed by atoms with E-state index in [4.69, 9.17) is 5.73 Å². The summed E-state index contributed by atoms with van der Waals surface area (Å²) in [6.07, 6.45) is -0.224. The number of nitrogens with two attached hydrogens (primary N) is 1. The fourth-order valence-corrected chi connectivity index (χ4v) is 2.29. The van der Waals surface area contributed by atoms with Gasteiger partial charge >= 0.3 is 0 Å². The molecule has 0 aliphatic heterocycles. The van der Waals surface area contributed by atoms with Crippen molar-refractivity contribution in [2.45, 2.75) is 18.9 Å². The van der Waals surface area contributed by atoms with Crippen LogP contribution in [0, 0.1) is 21.7 Å². The van der Waals surface area contributed by atoms with Crippen LogP contribution in [0.25, 0.3) is 0 Å². The first kappa shape index (κ1) is 19.0. The molecule has 0 aliphatic rings. The van der Waals surface area contributed by atoms with E-state index in [0.717, 1.165) is 12.1 Å². The molecular formula is C17H15F2N3O4. The van der Waals surface area contributed by atoms with Gasteiger partial charge in [-0.25, -0.2) is 8.78 Å². The van der Waals surface area contributed by atoms with Crippen LogP contribution in [0.1, 0.15) is 11.1 Å². The average molecular weight is 363 g/mol. The van der Waals surface area contributed by atoms with Crippen molar-refractivity contribution in [3.8, 4) is 0 Å². The number of carbonyl (C=O) groups is 2. The Kier molecular flexibility index (Phi) is 5.94. The van der Waals surface area contributed by atoms with E-state index in [2.05, 4.69) is 5.32 Å². The number of nitro benzene ring substituents is 1. The Morgan fingerprint density at radius 1 is 1.08 bits per heavy atom. The lowest BCUT2D eigenvalue weighted by Crippen LogP contribution is -2.46. The van der Waals surface area contributed by atoms with Crippen molar-refractivity contribution < 1.29 is 23.3 Å². The lowest BCUT2D eigenvalue weighted by atomic mass is 10.0. The highest BCUT2D eigenvalue weighted by Gasteiger charge is 2.19. The molecule has 0 saturated carbocycles. The summed E-state index contributed by atoms with van der Waals surface area (Å²) in [5, 5.41) is 13.1. The van der Waals surface area contributed by atoms with Crippen molar-refractivity contribution in [3.63, 3.8) is 0 Å². The predicted molar refractivity (Wildman–Crippen MR) is 88.0 cm³/mol. The van der Waals surface area contributed by atoms with E-state index in [0.29, 0.717) is 5.56 Å². The van der Waals surface area contributed by atoms with E-state index in [1.165, 1.54) is 30.3 Å². The Balaban J connectivity index is 2.02. The largest absolute Gasteiger partial charge is 0.368 e. The standard InChI is InChI=1S/C17H15F2N3O4/c18-13-6-3-11(7-14(13)19)9-16(23)21-15(17(20)24)8-10-1-4-12(5-2-10)22(25)26/h1-7,15H,8-9H2,(H2,20,24)(H,21,23)/t15-/m1/s1. The summed E-state index contributed by atoms with van der Waals surface area (Å²) in [7, 11) is 0. The third-order valence-electron chi connectivity index (χ3n) is 3.61. The molecule has 1 atom stereocenters. The minimum absolute atomic E-state index is 0.0385. The lowest BCUT2D eigenvalue weighted by molar-refractivity contribution is -0.384. The zero-order valence-electron chi connectivity index (χ0n) is 13.4. The number of nitrogens with one attached hydrogen (secondary N) is 1. The summed E-state index contributed by atoms with van der Waals surface area (Å²) in [6.45, 7) is 0. The van der Waals surface area contributed by atoms with Gasteiger partial charge < -0.3 is 11.1 Å². The summed E-state index contributed by atoms with van der Waals surface area (Å²) < 4.78 is 26.1. The topological polar surface area (TPSA) is 115 Å². The number of non-ortho nitro benzene ring substituents is 1. The number of nitrogens with zero attached hydrogens (tertiary/aromatic N) is 1. The summed E-state index contributed by atoms with van der Waals surface area (Å²) in [5.74, 6) is -3.49. The van der Waals surface area contributed by atoms with Gasteiger partial charge in [0.2, 0.25) is 11.8 Å². The summed E-state index contributed by atoms with van der Waals surface area (Å²) >= 11 is 0. The van der Waals surface area contributed by atoms with Crippen LogP contribution in [-0.4, -0.2) is 22.8 Å². The van der Waals surface area contributed by atoms with Gasteiger partial charge in [0.25, 0.3) is 5.69 Å². The number of benzene rings is 2. The zero-order chi connectivity index (χ0) is 19.3. The lowest BCUT2D eigenvalue weighted by Gasteiger charge is -2.15. The van der Waals surface area contributed by atoms with Gasteiger partial charge in [0.1, 0.15) is 6.04 Å². The number of rotatable bonds is 7. The van der Waals surface area contributed by atoms with Gasteiger partial charge in [0, 0.05) is 18.6 Å². The molecule has 26 heavy (non-hydrogen) atoms. The van der Waals surface area contributed by atoms with Crippen LogP contribution in [0.2, 0.25) is 0 Å². The van der Waals surface area contributed by atoms with Crippen LogP contribution in [0.4, 0.5) is 14.5 Å². The number of carbonyl (C=O) groups excluding carboxylic acids is 2. The summed E-state index contributed by atoms with van der Waals surface area (Å²) in [6, 6.07) is 7.46. The fourth-order valence-electron chi connectivity index (χ4n) is 2.29. The molecule has 7 nitrogen and oxygen atoms in total. The van der Waals surface area contributed by atoms with E-state index < -0.39 is 34.4 Å². The molecule has 3 N–H and O–H groups in total. The van der Waals surface area contributed by atoms with Crippen molar-refractivity contribution in [2.75, 3.05) is 0 Å². The van der Waals surface area contributed by atoms with Gasteiger partial charge in [-0.1, -0.05) is 18.2 Å². The SMILES string of the molecule is NC(=O)[C@@H](Cc1ccc([N+](=O)[O-])cc1)NC(=O)Cc1ccc(F)c(F)c1. The highest BCUT2D eigenvalue weighted by molar-refractivity contribution is 5.87. The molecule has 2 amide bonds. The van der Waals surface area contributed by atoms with Crippen molar-refractivity contribution in [1.82, 2.24) is 5.32 Å². The first-order chi connectivity index (χ1) is 12.3. The van der Waals surface area contributed by atoms with Crippen molar-refractivity contribution >= 4 is 17.5 Å². The Hall–Kier alpha value is -3.36. The number of halogens is 2. The minimum Gasteiger partial charge on any atom is -0.368 e. The van der Waals surface area contributed by atoms with Gasteiger partial charge in [0.15, 0.2) is 11.6 Å². The molecule has 0 unspecified atom stereocenters. The first-order valence-electron chi connectivity index (χ1n) is 7.52. The smallest absolute Gasteiger partial charge is 0.269 e. The van der Waals surface area contributed by atoms with E-state index in [1.807, 2.05) is 0 Å². The highest BCUT2D eigenvalue weighted by Crippen LogP contribution is 2.14. The molecule has 0 fully saturated rings. The van der Waals surface area contributed by atoms with Crippen LogP contribution in [0.5, 0.6) is 0 Å². The first-order valence-corrected chi connectivity index (χ1v) is 7.52. The second-order valence-electron chi connectivity index (χ2n) is 5.58. The number of nitro groups is 1. The summed E-state index contributed by atoms with van der Waals surface area (Å²) in [4.78, 5) is 33.7. The van der Waals surface area contributed by atoms with Gasteiger partial charge in [-0.15, -0.1) is 0 Å². The van der Waals surface area contributed by atoms with Crippen LogP contribution < -0.4 is 11.1 Å². The third kappa shape index (κ3) is 5.07. The molecule has 2 rings (SSSR count). The quantitative estimate of drug-likeness (QED) is 0.574. The maximum Gasteiger partial charge on any atom is 0.269 e. The Labute approximate surface area is 147 Å². The molecule has 0 aliphatic carbocycles. The van der Waals surface area contributed by atoms with Crippen LogP contribution in [-0.2, 0) is 22.4 Å². The fraction of sp³-hybridized carbons (Fsp3) is 0.176. The van der Waals surface area contributed by atoms with Gasteiger partial charge in [-0.2, -0.15) is 0 Å². The van der Waals surface area contributed by atoms with Crippen molar-refractivity contribution in [2.24, 2.45) is 5.73 Å². The number of primary amides is 1. The Morgan fingerprint density at radius 2 is 1.69 bits per heavy atom. The van der Waals surface area contributed by atoms with Crippen LogP contribution >= 0.6 is 0 Å². The van der Waals surface area contributed by atoms with Gasteiger partial charge in [-0.3, -0.25) is 19.7 Å². The normalized spacial score (nSPS) is 11.6. The third-order valence-corrected chi connectivity index (χ3v) is 3.61. The molecule has 9 heteroatoms. The highest BCUT2D eigenvalue weighted by atomic mass is 19.2. The Morgan fingerprint density at radius 3 is 2.23 bits per heavy atom. The molecule has 2 aromatic rings. The predicted octanol–water partition coefficient (Wildman–Crippen LogP) is 1.63. The van der Waals surface area contributed by atoms with E-state index >= 15 is 0 Å². The van der Waals surface area contributed by atoms with Gasteiger partial charge in [-0.05, 0) is 23.3 Å². The van der Waals surface area contributed by atoms with Crippen molar-refractivity contribution in [1.29, 1.82) is 0 Å². The average Bonchev–Trinajstić information content (AvgIpc) is 2.58. The molecule has 0 heterocycles. The molecule has 0 spiro atoms. The minimum atomic E-state index is -1.08. The maximum atomic E-state index is 13.2. The molecule has 2 aromatic carbocycles. The number of hydrogen-bond acceptors (Lipinski definition) is 4. The van der Waals surface area contributed by atoms with Crippen LogP contribution in [0.15, 0.2) is 42.5 Å². The molecule has 136 valence electrons. The second kappa shape index (κ2) is 8.15. The molecule has 0 radical (unpaired) electrons. The number of hydrogen-bond donors (Lipinski definition) is 2.